The molecule has 0 radical (unpaired) electrons. The predicted molar refractivity (Wildman–Crippen MR) is 99.4 cm³/mol. The molecule has 0 aliphatic rings. The summed E-state index contributed by atoms with van der Waals surface area (Å²) in [6.45, 7) is 3.77. The first kappa shape index (κ1) is 18.0. The molecular formula is C16H15N3O3S3. The van der Waals surface area contributed by atoms with Crippen molar-refractivity contribution in [1.82, 2.24) is 15.0 Å². The van der Waals surface area contributed by atoms with E-state index in [2.05, 4.69) is 15.0 Å². The lowest BCUT2D eigenvalue weighted by Gasteiger charge is -2.12. The Bertz CT molecular complexity index is 906. The van der Waals surface area contributed by atoms with Crippen LogP contribution >= 0.6 is 34.4 Å². The van der Waals surface area contributed by atoms with Crippen molar-refractivity contribution >= 4 is 56.4 Å². The van der Waals surface area contributed by atoms with Gasteiger partial charge in [0.2, 0.25) is 0 Å². The average molecular weight is 394 g/mol. The molecular weight excluding hydrogens is 378 g/mol. The number of carbonyl (C=O) groups is 2. The number of aryl methyl sites for hydroxylation is 1. The molecule has 0 saturated carbocycles. The molecule has 0 spiro atoms. The lowest BCUT2D eigenvalue weighted by atomic mass is 10.1. The van der Waals surface area contributed by atoms with Gasteiger partial charge >= 0.3 is 5.97 Å². The fourth-order valence-electron chi connectivity index (χ4n) is 2.19. The van der Waals surface area contributed by atoms with E-state index in [0.29, 0.717) is 5.01 Å². The number of nitrogens with zero attached hydrogens (tertiary/aromatic N) is 3. The summed E-state index contributed by atoms with van der Waals surface area (Å²) in [5.41, 5.74) is 1.64. The molecule has 25 heavy (non-hydrogen) atoms. The van der Waals surface area contributed by atoms with Crippen LogP contribution in [0, 0.1) is 6.92 Å². The van der Waals surface area contributed by atoms with Crippen LogP contribution < -0.4 is 0 Å². The second-order valence-electron chi connectivity index (χ2n) is 5.08. The van der Waals surface area contributed by atoms with Gasteiger partial charge in [-0.05, 0) is 25.3 Å². The number of thiazole rings is 1. The van der Waals surface area contributed by atoms with Gasteiger partial charge in [-0.25, -0.2) is 15.0 Å². The van der Waals surface area contributed by atoms with Crippen LogP contribution in [0.2, 0.25) is 0 Å². The number of rotatable bonds is 7. The van der Waals surface area contributed by atoms with E-state index in [9.17, 15) is 9.59 Å². The molecule has 3 heterocycles. The van der Waals surface area contributed by atoms with Gasteiger partial charge in [0.05, 0.1) is 22.6 Å². The minimum atomic E-state index is -0.980. The second kappa shape index (κ2) is 8.03. The molecule has 0 N–H and O–H groups in total. The molecule has 0 aliphatic heterocycles. The van der Waals surface area contributed by atoms with Crippen LogP contribution in [0.3, 0.4) is 0 Å². The van der Waals surface area contributed by atoms with Crippen molar-refractivity contribution in [2.75, 3.05) is 12.4 Å². The summed E-state index contributed by atoms with van der Waals surface area (Å²) < 4.78 is 6.02. The minimum Gasteiger partial charge on any atom is -0.465 e. The number of carbonyl (C=O) groups excluding carboxylic acids is 2. The summed E-state index contributed by atoms with van der Waals surface area (Å²) in [4.78, 5) is 37.7. The van der Waals surface area contributed by atoms with Crippen LogP contribution in [-0.2, 0) is 14.3 Å². The summed E-state index contributed by atoms with van der Waals surface area (Å²) in [6, 6.07) is 1.91. The Morgan fingerprint density at radius 2 is 2.16 bits per heavy atom. The Labute approximate surface area is 156 Å². The number of ketones is 1. The summed E-state index contributed by atoms with van der Waals surface area (Å²) in [5.74, 6) is -1.65. The van der Waals surface area contributed by atoms with Crippen molar-refractivity contribution in [3.8, 4) is 0 Å². The van der Waals surface area contributed by atoms with Crippen LogP contribution in [0.1, 0.15) is 23.5 Å². The van der Waals surface area contributed by atoms with E-state index in [-0.39, 0.29) is 18.1 Å². The third-order valence-electron chi connectivity index (χ3n) is 3.29. The van der Waals surface area contributed by atoms with Crippen LogP contribution in [0.15, 0.2) is 28.2 Å². The topological polar surface area (TPSA) is 82.0 Å². The highest BCUT2D eigenvalue weighted by molar-refractivity contribution is 8.00. The van der Waals surface area contributed by atoms with E-state index in [4.69, 9.17) is 4.74 Å². The molecule has 130 valence electrons. The Balaban J connectivity index is 1.78. The third-order valence-corrected chi connectivity index (χ3v) is 6.37. The number of aromatic nitrogens is 3. The first-order valence-corrected chi connectivity index (χ1v) is 10.3. The van der Waals surface area contributed by atoms with Gasteiger partial charge in [-0.2, -0.15) is 0 Å². The van der Waals surface area contributed by atoms with Gasteiger partial charge in [0, 0.05) is 11.1 Å². The molecule has 6 nitrogen and oxygen atoms in total. The van der Waals surface area contributed by atoms with Crippen molar-refractivity contribution in [2.45, 2.75) is 24.8 Å². The number of fused-ring (bicyclic) bond motifs is 1. The highest BCUT2D eigenvalue weighted by Gasteiger charge is 2.32. The predicted octanol–water partition coefficient (Wildman–Crippen LogP) is 3.46. The molecule has 0 bridgehead atoms. The Hall–Kier alpha value is -1.84. The first-order chi connectivity index (χ1) is 12.1. The molecule has 0 aromatic carbocycles. The molecule has 0 aliphatic carbocycles. The van der Waals surface area contributed by atoms with E-state index < -0.39 is 11.9 Å². The van der Waals surface area contributed by atoms with Gasteiger partial charge in [-0.15, -0.1) is 22.7 Å². The molecule has 3 aromatic rings. The normalized spacial score (nSPS) is 12.2. The van der Waals surface area contributed by atoms with Crippen LogP contribution in [-0.4, -0.2) is 39.1 Å². The minimum absolute atomic E-state index is 0.117. The fraction of sp³-hybridized carbons (Fsp3) is 0.312. The van der Waals surface area contributed by atoms with Gasteiger partial charge < -0.3 is 4.74 Å². The number of hydrogen-bond donors (Lipinski definition) is 0. The molecule has 0 amide bonds. The van der Waals surface area contributed by atoms with Gasteiger partial charge in [-0.3, -0.25) is 9.59 Å². The molecule has 0 fully saturated rings. The Morgan fingerprint density at radius 1 is 1.32 bits per heavy atom. The zero-order valence-electron chi connectivity index (χ0n) is 13.6. The smallest absolute Gasteiger partial charge is 0.323 e. The van der Waals surface area contributed by atoms with Crippen molar-refractivity contribution in [1.29, 1.82) is 0 Å². The first-order valence-electron chi connectivity index (χ1n) is 7.52. The highest BCUT2D eigenvalue weighted by Crippen LogP contribution is 2.31. The van der Waals surface area contributed by atoms with E-state index in [1.165, 1.54) is 40.8 Å². The second-order valence-corrected chi connectivity index (χ2v) is 7.85. The number of thioether (sulfide) groups is 1. The number of Topliss-reactive ketones (excluding diaryl/α,β-unsaturated/α-hetero) is 1. The number of thiophene rings is 1. The molecule has 0 saturated heterocycles. The van der Waals surface area contributed by atoms with E-state index >= 15 is 0 Å². The van der Waals surface area contributed by atoms with Gasteiger partial charge in [0.25, 0.3) is 0 Å². The molecule has 1 unspecified atom stereocenters. The number of ether oxygens (including phenoxy) is 1. The quantitative estimate of drug-likeness (QED) is 0.263. The van der Waals surface area contributed by atoms with E-state index in [1.807, 2.05) is 23.8 Å². The highest BCUT2D eigenvalue weighted by atomic mass is 32.2. The van der Waals surface area contributed by atoms with E-state index in [0.717, 1.165) is 20.9 Å². The summed E-state index contributed by atoms with van der Waals surface area (Å²) in [5, 5.41) is 4.98. The molecule has 3 rings (SSSR count). The zero-order chi connectivity index (χ0) is 17.8. The Morgan fingerprint density at radius 3 is 2.88 bits per heavy atom. The molecule has 3 aromatic heterocycles. The Kier molecular flexibility index (Phi) is 5.77. The lowest BCUT2D eigenvalue weighted by Crippen LogP contribution is -2.25. The van der Waals surface area contributed by atoms with Gasteiger partial charge in [0.1, 0.15) is 16.4 Å². The standard InChI is InChI=1S/C16H15N3O3S3/c1-3-22-16(21)12(14-19-9(2)6-24-14)11(20)7-25-15-13-10(4-5-23-13)17-8-18-15/h4-6,8,12H,3,7H2,1-2H3. The van der Waals surface area contributed by atoms with Crippen LogP contribution in [0.25, 0.3) is 10.2 Å². The fourth-order valence-corrected chi connectivity index (χ4v) is 4.95. The van der Waals surface area contributed by atoms with Crippen molar-refractivity contribution in [3.63, 3.8) is 0 Å². The maximum absolute atomic E-state index is 12.7. The van der Waals surface area contributed by atoms with Crippen LogP contribution in [0.5, 0.6) is 0 Å². The maximum Gasteiger partial charge on any atom is 0.323 e. The van der Waals surface area contributed by atoms with Gasteiger partial charge in [0.15, 0.2) is 11.7 Å². The maximum atomic E-state index is 12.7. The lowest BCUT2D eigenvalue weighted by molar-refractivity contribution is -0.147. The summed E-state index contributed by atoms with van der Waals surface area (Å²) in [6.07, 6.45) is 1.48. The third kappa shape index (κ3) is 4.05. The van der Waals surface area contributed by atoms with Crippen molar-refractivity contribution < 1.29 is 14.3 Å². The SMILES string of the molecule is CCOC(=O)C(C(=O)CSc1ncnc2ccsc12)c1nc(C)cs1. The molecule has 1 atom stereocenters. The van der Waals surface area contributed by atoms with Crippen LogP contribution in [0.4, 0.5) is 0 Å². The summed E-state index contributed by atoms with van der Waals surface area (Å²) in [7, 11) is 0. The van der Waals surface area contributed by atoms with Crippen molar-refractivity contribution in [2.24, 2.45) is 0 Å². The number of esters is 1. The molecule has 9 heteroatoms. The van der Waals surface area contributed by atoms with E-state index in [1.54, 1.807) is 6.92 Å². The summed E-state index contributed by atoms with van der Waals surface area (Å²) >= 11 is 4.14. The largest absolute Gasteiger partial charge is 0.465 e. The number of hydrogen-bond acceptors (Lipinski definition) is 9. The monoisotopic (exact) mass is 393 g/mol. The van der Waals surface area contributed by atoms with Gasteiger partial charge in [-0.1, -0.05) is 11.8 Å². The zero-order valence-corrected chi connectivity index (χ0v) is 16.0. The average Bonchev–Trinajstić information content (AvgIpc) is 3.22. The van der Waals surface area contributed by atoms with Crippen molar-refractivity contribution in [3.05, 3.63) is 33.9 Å².